The zero-order valence-corrected chi connectivity index (χ0v) is 8.29. The van der Waals surface area contributed by atoms with E-state index in [4.69, 9.17) is 10.8 Å². The number of anilines is 1. The Morgan fingerprint density at radius 1 is 1.62 bits per heavy atom. The molecule has 0 unspecified atom stereocenters. The van der Waals surface area contributed by atoms with Crippen LogP contribution in [0.3, 0.4) is 0 Å². The Morgan fingerprint density at radius 3 is 3.06 bits per heavy atom. The maximum absolute atomic E-state index is 11.4. The van der Waals surface area contributed by atoms with E-state index in [0.717, 1.165) is 0 Å². The third kappa shape index (κ3) is 1.75. The van der Waals surface area contributed by atoms with Crippen LogP contribution >= 0.6 is 0 Å². The molecule has 2 rings (SSSR count). The molecule has 0 radical (unpaired) electrons. The maximum Gasteiger partial charge on any atom is 0.280 e. The number of aromatic amines is 1. The van der Waals surface area contributed by atoms with Crippen molar-refractivity contribution in [2.24, 2.45) is 0 Å². The van der Waals surface area contributed by atoms with Gasteiger partial charge >= 0.3 is 0 Å². The molecule has 8 nitrogen and oxygen atoms in total. The molecule has 16 heavy (non-hydrogen) atoms. The lowest BCUT2D eigenvalue weighted by Gasteiger charge is -2.07. The number of hydrogen-bond acceptors (Lipinski definition) is 6. The Labute approximate surface area is 89.4 Å². The van der Waals surface area contributed by atoms with Crippen molar-refractivity contribution in [3.05, 3.63) is 16.7 Å². The summed E-state index contributed by atoms with van der Waals surface area (Å²) in [5.41, 5.74) is 5.40. The van der Waals surface area contributed by atoms with Gasteiger partial charge in [-0.1, -0.05) is 0 Å². The van der Waals surface area contributed by atoms with E-state index in [2.05, 4.69) is 15.0 Å². The van der Waals surface area contributed by atoms with E-state index >= 15 is 0 Å². The lowest BCUT2D eigenvalue weighted by molar-refractivity contribution is 0.0820. The van der Waals surface area contributed by atoms with Crippen LogP contribution in [0.4, 0.5) is 5.95 Å². The van der Waals surface area contributed by atoms with Gasteiger partial charge < -0.3 is 20.5 Å². The van der Waals surface area contributed by atoms with Crippen LogP contribution < -0.4 is 11.3 Å². The van der Waals surface area contributed by atoms with Gasteiger partial charge in [-0.05, 0) is 0 Å². The summed E-state index contributed by atoms with van der Waals surface area (Å²) in [5, 5.41) is 18.0. The highest BCUT2D eigenvalue weighted by Crippen LogP contribution is 2.06. The van der Waals surface area contributed by atoms with Gasteiger partial charge in [0.05, 0.1) is 25.6 Å². The monoisotopic (exact) mass is 225 g/mol. The normalized spacial score (nSPS) is 13.1. The van der Waals surface area contributed by atoms with Gasteiger partial charge in [-0.15, -0.1) is 0 Å². The topological polar surface area (TPSA) is 130 Å². The highest BCUT2D eigenvalue weighted by Gasteiger charge is 2.11. The molecule has 0 amide bonds. The molecule has 0 saturated carbocycles. The van der Waals surface area contributed by atoms with E-state index in [1.54, 1.807) is 0 Å². The van der Waals surface area contributed by atoms with E-state index in [-0.39, 0.29) is 30.3 Å². The van der Waals surface area contributed by atoms with Crippen molar-refractivity contribution >= 4 is 17.1 Å². The molecule has 0 spiro atoms. The molecule has 1 atom stereocenters. The Kier molecular flexibility index (Phi) is 2.59. The number of nitrogens with two attached hydrogens (primary N) is 1. The molecule has 0 aromatic carbocycles. The van der Waals surface area contributed by atoms with E-state index in [0.29, 0.717) is 0 Å². The molecule has 0 saturated heterocycles. The molecular weight excluding hydrogens is 214 g/mol. The summed E-state index contributed by atoms with van der Waals surface area (Å²) in [7, 11) is 0. The summed E-state index contributed by atoms with van der Waals surface area (Å²) in [6, 6.07) is 0. The van der Waals surface area contributed by atoms with Crippen LogP contribution in [0, 0.1) is 0 Å². The molecule has 2 aromatic rings. The first-order valence-corrected chi connectivity index (χ1v) is 4.61. The van der Waals surface area contributed by atoms with Crippen molar-refractivity contribution < 1.29 is 10.2 Å². The van der Waals surface area contributed by atoms with Gasteiger partial charge in [-0.3, -0.25) is 9.78 Å². The van der Waals surface area contributed by atoms with E-state index in [1.165, 1.54) is 10.9 Å². The number of aliphatic hydroxyl groups is 2. The lowest BCUT2D eigenvalue weighted by atomic mass is 10.4. The van der Waals surface area contributed by atoms with Crippen molar-refractivity contribution in [3.8, 4) is 0 Å². The van der Waals surface area contributed by atoms with E-state index in [9.17, 15) is 9.90 Å². The molecule has 0 aliphatic carbocycles. The molecule has 2 heterocycles. The van der Waals surface area contributed by atoms with Gasteiger partial charge in [0.2, 0.25) is 5.95 Å². The average molecular weight is 225 g/mol. The number of nitrogen functional groups attached to an aromatic ring is 1. The van der Waals surface area contributed by atoms with E-state index < -0.39 is 11.7 Å². The Bertz CT molecular complexity index is 560. The molecular formula is C8H11N5O3. The van der Waals surface area contributed by atoms with Crippen molar-refractivity contribution in [2.75, 3.05) is 12.3 Å². The Balaban J connectivity index is 2.51. The summed E-state index contributed by atoms with van der Waals surface area (Å²) in [5.74, 6) is -0.0160. The van der Waals surface area contributed by atoms with Crippen LogP contribution in [0.1, 0.15) is 0 Å². The smallest absolute Gasteiger partial charge is 0.280 e. The minimum Gasteiger partial charge on any atom is -0.394 e. The summed E-state index contributed by atoms with van der Waals surface area (Å²) in [6.07, 6.45) is 0.435. The SMILES string of the molecule is Nc1nc2c(ncn2C[C@H](O)CO)c(=O)[nH]1. The molecule has 0 aliphatic heterocycles. The van der Waals surface area contributed by atoms with Gasteiger partial charge in [-0.2, -0.15) is 4.98 Å². The zero-order chi connectivity index (χ0) is 11.7. The second-order valence-corrected chi connectivity index (χ2v) is 3.36. The first-order chi connectivity index (χ1) is 7.61. The minimum absolute atomic E-state index is 0.0160. The number of hydrogen-bond donors (Lipinski definition) is 4. The summed E-state index contributed by atoms with van der Waals surface area (Å²) < 4.78 is 1.46. The van der Waals surface area contributed by atoms with Crippen LogP contribution in [0.15, 0.2) is 11.1 Å². The highest BCUT2D eigenvalue weighted by molar-refractivity contribution is 5.70. The van der Waals surface area contributed by atoms with Crippen molar-refractivity contribution in [1.82, 2.24) is 19.5 Å². The summed E-state index contributed by atoms with van der Waals surface area (Å²) in [6.45, 7) is -0.277. The Hall–Kier alpha value is -1.93. The number of fused-ring (bicyclic) bond motifs is 1. The van der Waals surface area contributed by atoms with Crippen LogP contribution in [-0.2, 0) is 6.54 Å². The standard InChI is InChI=1S/C8H11N5O3/c9-8-11-6-5(7(16)12-8)10-3-13(6)1-4(15)2-14/h3-4,14-15H,1-2H2,(H3,9,11,12,16)/t4-/m0/s1. The number of aromatic nitrogens is 4. The number of H-pyrrole nitrogens is 1. The molecule has 8 heteroatoms. The quantitative estimate of drug-likeness (QED) is 0.480. The van der Waals surface area contributed by atoms with Gasteiger partial charge in [0, 0.05) is 0 Å². The lowest BCUT2D eigenvalue weighted by Crippen LogP contribution is -2.20. The van der Waals surface area contributed by atoms with Gasteiger partial charge in [0.15, 0.2) is 11.2 Å². The van der Waals surface area contributed by atoms with Crippen LogP contribution in [0.2, 0.25) is 0 Å². The molecule has 0 aliphatic rings. The van der Waals surface area contributed by atoms with Crippen molar-refractivity contribution in [2.45, 2.75) is 12.6 Å². The summed E-state index contributed by atoms with van der Waals surface area (Å²) in [4.78, 5) is 21.5. The fourth-order valence-corrected chi connectivity index (χ4v) is 1.39. The minimum atomic E-state index is -0.931. The average Bonchev–Trinajstić information content (AvgIpc) is 2.61. The third-order valence-corrected chi connectivity index (χ3v) is 2.11. The first-order valence-electron chi connectivity index (χ1n) is 4.61. The largest absolute Gasteiger partial charge is 0.394 e. The number of imidazole rings is 1. The predicted molar refractivity (Wildman–Crippen MR) is 55.7 cm³/mol. The van der Waals surface area contributed by atoms with E-state index in [1.807, 2.05) is 0 Å². The molecule has 2 aromatic heterocycles. The molecule has 86 valence electrons. The number of aliphatic hydroxyl groups excluding tert-OH is 2. The van der Waals surface area contributed by atoms with Crippen molar-refractivity contribution in [1.29, 1.82) is 0 Å². The number of nitrogens with one attached hydrogen (secondary N) is 1. The zero-order valence-electron chi connectivity index (χ0n) is 8.29. The predicted octanol–water partition coefficient (Wildman–Crippen LogP) is -1.94. The molecule has 0 fully saturated rings. The van der Waals surface area contributed by atoms with Gasteiger partial charge in [0.25, 0.3) is 5.56 Å². The fourth-order valence-electron chi connectivity index (χ4n) is 1.39. The summed E-state index contributed by atoms with van der Waals surface area (Å²) >= 11 is 0. The third-order valence-electron chi connectivity index (χ3n) is 2.11. The van der Waals surface area contributed by atoms with Crippen LogP contribution in [-0.4, -0.2) is 42.4 Å². The van der Waals surface area contributed by atoms with Crippen molar-refractivity contribution in [3.63, 3.8) is 0 Å². The second kappa shape index (κ2) is 3.91. The fraction of sp³-hybridized carbons (Fsp3) is 0.375. The highest BCUT2D eigenvalue weighted by atomic mass is 16.3. The molecule has 5 N–H and O–H groups in total. The first kappa shape index (κ1) is 10.6. The maximum atomic E-state index is 11.4. The number of rotatable bonds is 3. The molecule has 0 bridgehead atoms. The Morgan fingerprint density at radius 2 is 2.38 bits per heavy atom. The van der Waals surface area contributed by atoms with Crippen LogP contribution in [0.25, 0.3) is 11.2 Å². The number of nitrogens with zero attached hydrogens (tertiary/aromatic N) is 3. The van der Waals surface area contributed by atoms with Gasteiger partial charge in [0.1, 0.15) is 0 Å². The second-order valence-electron chi connectivity index (χ2n) is 3.36. The van der Waals surface area contributed by atoms with Crippen LogP contribution in [0.5, 0.6) is 0 Å². The van der Waals surface area contributed by atoms with Gasteiger partial charge in [-0.25, -0.2) is 4.98 Å².